The summed E-state index contributed by atoms with van der Waals surface area (Å²) in [5, 5.41) is 0. The van der Waals surface area contributed by atoms with Gasteiger partial charge in [0.05, 0.1) is 8.07 Å². The zero-order valence-electron chi connectivity index (χ0n) is 9.46. The summed E-state index contributed by atoms with van der Waals surface area (Å²) >= 11 is 0. The predicted octanol–water partition coefficient (Wildman–Crippen LogP) is 0.241. The SMILES string of the molecule is [C-]#CC(c1ccccc1)[Si](C)(C)C.[Li+]. The molecule has 0 N–H and O–H groups in total. The molecular formula is C12H15LiSi. The third kappa shape index (κ3) is 3.39. The molecule has 0 saturated heterocycles. The minimum Gasteiger partial charge on any atom is -0.693 e. The molecule has 0 saturated carbocycles. The number of benzene rings is 1. The molecular weight excluding hydrogens is 179 g/mol. The van der Waals surface area contributed by atoms with Gasteiger partial charge >= 0.3 is 18.9 Å². The third-order valence-corrected chi connectivity index (χ3v) is 4.35. The number of hydrogen-bond acceptors (Lipinski definition) is 0. The Kier molecular flexibility index (Phi) is 5.31. The average Bonchev–Trinajstić information content (AvgIpc) is 2.05. The Morgan fingerprint density at radius 2 is 1.64 bits per heavy atom. The average molecular weight is 194 g/mol. The summed E-state index contributed by atoms with van der Waals surface area (Å²) in [4.78, 5) is 0. The Morgan fingerprint density at radius 1 is 1.14 bits per heavy atom. The fourth-order valence-electron chi connectivity index (χ4n) is 1.45. The largest absolute Gasteiger partial charge is 1.00 e. The van der Waals surface area contributed by atoms with Gasteiger partial charge in [0.15, 0.2) is 0 Å². The van der Waals surface area contributed by atoms with Gasteiger partial charge in [-0.05, 0) is 11.1 Å². The summed E-state index contributed by atoms with van der Waals surface area (Å²) in [6, 6.07) is 10.2. The van der Waals surface area contributed by atoms with Gasteiger partial charge in [-0.15, -0.1) is 0 Å². The van der Waals surface area contributed by atoms with Crippen LogP contribution in [0.2, 0.25) is 19.6 Å². The molecule has 1 rings (SSSR count). The molecule has 0 nitrogen and oxygen atoms in total. The summed E-state index contributed by atoms with van der Waals surface area (Å²) in [6.07, 6.45) is 7.34. The second-order valence-electron chi connectivity index (χ2n) is 4.35. The Morgan fingerprint density at radius 3 is 2.00 bits per heavy atom. The Hall–Kier alpha value is -0.406. The van der Waals surface area contributed by atoms with Crippen LogP contribution in [0, 0.1) is 12.3 Å². The van der Waals surface area contributed by atoms with Gasteiger partial charge in [0.2, 0.25) is 0 Å². The van der Waals surface area contributed by atoms with Crippen LogP contribution >= 0.6 is 0 Å². The first-order valence-corrected chi connectivity index (χ1v) is 8.10. The molecule has 0 fully saturated rings. The molecule has 0 spiro atoms. The van der Waals surface area contributed by atoms with E-state index < -0.39 is 8.07 Å². The van der Waals surface area contributed by atoms with Crippen LogP contribution in [0.15, 0.2) is 30.3 Å². The topological polar surface area (TPSA) is 0 Å². The third-order valence-electron chi connectivity index (χ3n) is 2.14. The van der Waals surface area contributed by atoms with Crippen LogP contribution in [0.4, 0.5) is 0 Å². The van der Waals surface area contributed by atoms with Crippen molar-refractivity contribution in [3.63, 3.8) is 0 Å². The summed E-state index contributed by atoms with van der Waals surface area (Å²) in [7, 11) is -1.33. The van der Waals surface area contributed by atoms with Gasteiger partial charge in [-0.1, -0.05) is 50.0 Å². The van der Waals surface area contributed by atoms with Gasteiger partial charge in [-0.25, -0.2) is 0 Å². The Balaban J connectivity index is 0.00000169. The van der Waals surface area contributed by atoms with Gasteiger partial charge in [0.1, 0.15) is 0 Å². The normalized spacial score (nSPS) is 12.4. The second kappa shape index (κ2) is 5.47. The standard InChI is InChI=1S/C12H15Si.Li/c1-5-12(13(2,3)4)11-9-7-6-8-10-11;/h6-10,12H,2-4H3;/q-1;+1. The van der Waals surface area contributed by atoms with E-state index in [1.54, 1.807) is 0 Å². The van der Waals surface area contributed by atoms with Crippen LogP contribution in [-0.4, -0.2) is 8.07 Å². The molecule has 2 heteroatoms. The maximum absolute atomic E-state index is 7.34. The minimum atomic E-state index is -1.33. The smallest absolute Gasteiger partial charge is 0.693 e. The molecule has 0 heterocycles. The van der Waals surface area contributed by atoms with Crippen molar-refractivity contribution >= 4 is 8.07 Å². The molecule has 68 valence electrons. The van der Waals surface area contributed by atoms with Gasteiger partial charge in [0.25, 0.3) is 0 Å². The molecule has 14 heavy (non-hydrogen) atoms. The van der Waals surface area contributed by atoms with E-state index in [4.69, 9.17) is 6.42 Å². The van der Waals surface area contributed by atoms with Crippen molar-refractivity contribution < 1.29 is 18.9 Å². The van der Waals surface area contributed by atoms with E-state index in [1.807, 2.05) is 18.2 Å². The maximum Gasteiger partial charge on any atom is 1.00 e. The van der Waals surface area contributed by atoms with Crippen molar-refractivity contribution in [2.24, 2.45) is 0 Å². The van der Waals surface area contributed by atoms with Gasteiger partial charge in [-0.3, -0.25) is 0 Å². The van der Waals surface area contributed by atoms with E-state index in [-0.39, 0.29) is 24.4 Å². The van der Waals surface area contributed by atoms with E-state index in [0.29, 0.717) is 0 Å². The van der Waals surface area contributed by atoms with Crippen molar-refractivity contribution in [2.45, 2.75) is 25.2 Å². The van der Waals surface area contributed by atoms with Gasteiger partial charge < -0.3 is 12.3 Å². The molecule has 0 aliphatic carbocycles. The van der Waals surface area contributed by atoms with Crippen molar-refractivity contribution in [1.29, 1.82) is 0 Å². The van der Waals surface area contributed by atoms with E-state index in [2.05, 4.69) is 37.7 Å². The summed E-state index contributed by atoms with van der Waals surface area (Å²) in [5.41, 5.74) is 1.46. The fourth-order valence-corrected chi connectivity index (χ4v) is 3.07. The van der Waals surface area contributed by atoms with Crippen LogP contribution < -0.4 is 18.9 Å². The van der Waals surface area contributed by atoms with Crippen molar-refractivity contribution in [3.05, 3.63) is 42.3 Å². The zero-order chi connectivity index (χ0) is 9.90. The molecule has 0 bridgehead atoms. The molecule has 0 aliphatic rings. The monoisotopic (exact) mass is 194 g/mol. The zero-order valence-corrected chi connectivity index (χ0v) is 10.5. The first-order chi connectivity index (χ1) is 6.05. The summed E-state index contributed by atoms with van der Waals surface area (Å²) < 4.78 is 0. The van der Waals surface area contributed by atoms with E-state index in [9.17, 15) is 0 Å². The fraction of sp³-hybridized carbons (Fsp3) is 0.333. The van der Waals surface area contributed by atoms with Crippen LogP contribution in [0.25, 0.3) is 0 Å². The maximum atomic E-state index is 7.34. The van der Waals surface area contributed by atoms with Crippen molar-refractivity contribution in [3.8, 4) is 5.92 Å². The van der Waals surface area contributed by atoms with Gasteiger partial charge in [0, 0.05) is 0 Å². The van der Waals surface area contributed by atoms with Crippen LogP contribution in [0.3, 0.4) is 0 Å². The summed E-state index contributed by atoms with van der Waals surface area (Å²) in [5.74, 6) is 2.67. The Labute approximate surface area is 100 Å². The molecule has 1 unspecified atom stereocenters. The molecule has 1 aromatic rings. The molecule has 0 aromatic heterocycles. The molecule has 0 radical (unpaired) electrons. The van der Waals surface area contributed by atoms with E-state index >= 15 is 0 Å². The second-order valence-corrected chi connectivity index (χ2v) is 9.66. The van der Waals surface area contributed by atoms with Crippen molar-refractivity contribution in [1.82, 2.24) is 0 Å². The quantitative estimate of drug-likeness (QED) is 0.359. The number of rotatable bonds is 2. The Bertz CT molecular complexity index is 305. The van der Waals surface area contributed by atoms with Gasteiger partial charge in [-0.2, -0.15) is 0 Å². The molecule has 0 amide bonds. The van der Waals surface area contributed by atoms with E-state index in [0.717, 1.165) is 0 Å². The minimum absolute atomic E-state index is 0. The van der Waals surface area contributed by atoms with Crippen LogP contribution in [0.1, 0.15) is 11.1 Å². The molecule has 1 aromatic carbocycles. The molecule has 1 atom stereocenters. The molecule has 0 aliphatic heterocycles. The summed E-state index contributed by atoms with van der Waals surface area (Å²) in [6.45, 7) is 6.81. The first kappa shape index (κ1) is 13.6. The van der Waals surface area contributed by atoms with Crippen molar-refractivity contribution in [2.75, 3.05) is 0 Å². The predicted molar refractivity (Wildman–Crippen MR) is 59.7 cm³/mol. The van der Waals surface area contributed by atoms with Crippen LogP contribution in [-0.2, 0) is 0 Å². The van der Waals surface area contributed by atoms with E-state index in [1.165, 1.54) is 5.56 Å². The first-order valence-electron chi connectivity index (χ1n) is 4.53. The van der Waals surface area contributed by atoms with Crippen LogP contribution in [0.5, 0.6) is 0 Å². The number of hydrogen-bond donors (Lipinski definition) is 0.